The van der Waals surface area contributed by atoms with Crippen LogP contribution in [0, 0.1) is 5.82 Å². The van der Waals surface area contributed by atoms with Gasteiger partial charge in [0.1, 0.15) is 11.6 Å². The number of rotatable bonds is 3. The number of anilines is 1. The van der Waals surface area contributed by atoms with Crippen molar-refractivity contribution in [1.82, 2.24) is 4.90 Å². The van der Waals surface area contributed by atoms with Gasteiger partial charge in [-0.1, -0.05) is 12.8 Å². The molecule has 1 saturated heterocycles. The summed E-state index contributed by atoms with van der Waals surface area (Å²) < 4.78 is 19.4. The van der Waals surface area contributed by atoms with E-state index in [1.807, 2.05) is 12.1 Å². The van der Waals surface area contributed by atoms with Crippen molar-refractivity contribution in [3.8, 4) is 0 Å². The highest BCUT2D eigenvalue weighted by molar-refractivity contribution is 5.97. The average molecular weight is 344 g/mol. The van der Waals surface area contributed by atoms with E-state index in [1.54, 1.807) is 11.2 Å². The Balaban J connectivity index is 1.90. The minimum atomic E-state index is -0.565. The lowest BCUT2D eigenvalue weighted by Gasteiger charge is -2.29. The highest BCUT2D eigenvalue weighted by Gasteiger charge is 2.29. The Morgan fingerprint density at radius 3 is 2.80 bits per heavy atom. The van der Waals surface area contributed by atoms with Gasteiger partial charge < -0.3 is 14.6 Å². The lowest BCUT2D eigenvalue weighted by atomic mass is 10.1. The summed E-state index contributed by atoms with van der Waals surface area (Å²) in [6.45, 7) is 1.92. The Morgan fingerprint density at radius 1 is 1.24 bits per heavy atom. The molecule has 5 nitrogen and oxygen atoms in total. The Labute approximate surface area is 145 Å². The molecule has 0 aliphatic carbocycles. The number of amides is 2. The number of nitrogens with zero attached hydrogens (tertiary/aromatic N) is 1. The maximum Gasteiger partial charge on any atom is 0.254 e. The smallest absolute Gasteiger partial charge is 0.254 e. The summed E-state index contributed by atoms with van der Waals surface area (Å²) >= 11 is 0. The molecule has 25 heavy (non-hydrogen) atoms. The van der Waals surface area contributed by atoms with Gasteiger partial charge in [0, 0.05) is 19.0 Å². The van der Waals surface area contributed by atoms with Crippen molar-refractivity contribution in [2.24, 2.45) is 0 Å². The van der Waals surface area contributed by atoms with Crippen LogP contribution in [-0.2, 0) is 4.79 Å². The molecule has 1 aliphatic rings. The molecule has 1 fully saturated rings. The number of nitrogens with one attached hydrogen (secondary N) is 1. The zero-order chi connectivity index (χ0) is 17.8. The molecule has 1 N–H and O–H groups in total. The van der Waals surface area contributed by atoms with Gasteiger partial charge in [-0.3, -0.25) is 9.59 Å². The van der Waals surface area contributed by atoms with Crippen molar-refractivity contribution in [1.29, 1.82) is 0 Å². The molecule has 1 aromatic heterocycles. The topological polar surface area (TPSA) is 62.6 Å². The fourth-order valence-corrected chi connectivity index (χ4v) is 3.24. The lowest BCUT2D eigenvalue weighted by Crippen LogP contribution is -2.34. The molecule has 2 heterocycles. The first-order chi connectivity index (χ1) is 12.1. The molecule has 0 bridgehead atoms. The first kappa shape index (κ1) is 17.2. The minimum Gasteiger partial charge on any atom is -0.467 e. The molecule has 1 aliphatic heterocycles. The summed E-state index contributed by atoms with van der Waals surface area (Å²) in [7, 11) is 0. The summed E-state index contributed by atoms with van der Waals surface area (Å²) in [5, 5.41) is 2.42. The molecule has 1 aromatic carbocycles. The zero-order valence-corrected chi connectivity index (χ0v) is 14.1. The number of furan rings is 1. The van der Waals surface area contributed by atoms with Gasteiger partial charge in [-0.05, 0) is 43.2 Å². The Bertz CT molecular complexity index is 758. The molecular weight excluding hydrogens is 323 g/mol. The Hall–Kier alpha value is -2.63. The standard InChI is InChI=1S/C19H21FN2O3/c1-13(23)21-16-12-14(8-9-15(16)20)19(24)22-10-4-2-3-6-17(22)18-7-5-11-25-18/h5,7-9,11-12,17H,2-4,6,10H2,1H3,(H,21,23)/t17-/m1/s1. The van der Waals surface area contributed by atoms with E-state index in [0.29, 0.717) is 12.1 Å². The molecule has 0 saturated carbocycles. The highest BCUT2D eigenvalue weighted by Crippen LogP contribution is 2.32. The van der Waals surface area contributed by atoms with E-state index in [1.165, 1.54) is 25.1 Å². The third-order valence-electron chi connectivity index (χ3n) is 4.41. The van der Waals surface area contributed by atoms with Gasteiger partial charge in [0.2, 0.25) is 5.91 Å². The van der Waals surface area contributed by atoms with E-state index in [2.05, 4.69) is 5.32 Å². The monoisotopic (exact) mass is 344 g/mol. The number of hydrogen-bond acceptors (Lipinski definition) is 3. The maximum absolute atomic E-state index is 13.8. The summed E-state index contributed by atoms with van der Waals surface area (Å²) in [5.74, 6) is -0.369. The third kappa shape index (κ3) is 3.90. The van der Waals surface area contributed by atoms with E-state index in [4.69, 9.17) is 4.42 Å². The van der Waals surface area contributed by atoms with Crippen LogP contribution in [0.5, 0.6) is 0 Å². The van der Waals surface area contributed by atoms with E-state index in [9.17, 15) is 14.0 Å². The lowest BCUT2D eigenvalue weighted by molar-refractivity contribution is -0.114. The van der Waals surface area contributed by atoms with Crippen LogP contribution in [0.15, 0.2) is 41.0 Å². The summed E-state index contributed by atoms with van der Waals surface area (Å²) in [5.41, 5.74) is 0.367. The fraction of sp³-hybridized carbons (Fsp3) is 0.368. The number of carbonyl (C=O) groups is 2. The SMILES string of the molecule is CC(=O)Nc1cc(C(=O)N2CCCCC[C@@H]2c2ccco2)ccc1F. The fourth-order valence-electron chi connectivity index (χ4n) is 3.24. The predicted molar refractivity (Wildman–Crippen MR) is 91.7 cm³/mol. The van der Waals surface area contributed by atoms with Crippen LogP contribution in [0.25, 0.3) is 0 Å². The number of likely N-dealkylation sites (tertiary alicyclic amines) is 1. The van der Waals surface area contributed by atoms with Gasteiger partial charge >= 0.3 is 0 Å². The first-order valence-corrected chi connectivity index (χ1v) is 8.48. The van der Waals surface area contributed by atoms with Crippen LogP contribution >= 0.6 is 0 Å². The molecule has 6 heteroatoms. The predicted octanol–water partition coefficient (Wildman–Crippen LogP) is 4.13. The molecule has 1 atom stereocenters. The Morgan fingerprint density at radius 2 is 2.08 bits per heavy atom. The summed E-state index contributed by atoms with van der Waals surface area (Å²) in [4.78, 5) is 26.1. The van der Waals surface area contributed by atoms with Crippen molar-refractivity contribution in [2.75, 3.05) is 11.9 Å². The van der Waals surface area contributed by atoms with Gasteiger partial charge in [0.25, 0.3) is 5.91 Å². The van der Waals surface area contributed by atoms with E-state index in [-0.39, 0.29) is 23.5 Å². The molecule has 2 aromatic rings. The molecular formula is C19H21FN2O3. The minimum absolute atomic E-state index is 0.0164. The Kier molecular flexibility index (Phi) is 5.16. The number of benzene rings is 1. The van der Waals surface area contributed by atoms with Crippen LogP contribution in [0.2, 0.25) is 0 Å². The van der Waals surface area contributed by atoms with Crippen LogP contribution in [0.4, 0.5) is 10.1 Å². The summed E-state index contributed by atoms with van der Waals surface area (Å²) in [6.07, 6.45) is 5.44. The number of halogens is 1. The van der Waals surface area contributed by atoms with Gasteiger partial charge in [-0.15, -0.1) is 0 Å². The zero-order valence-electron chi connectivity index (χ0n) is 14.1. The van der Waals surface area contributed by atoms with Gasteiger partial charge in [-0.25, -0.2) is 4.39 Å². The molecule has 132 valence electrons. The van der Waals surface area contributed by atoms with Crippen molar-refractivity contribution >= 4 is 17.5 Å². The van der Waals surface area contributed by atoms with Crippen molar-refractivity contribution < 1.29 is 18.4 Å². The number of hydrogen-bond donors (Lipinski definition) is 1. The highest BCUT2D eigenvalue weighted by atomic mass is 19.1. The van der Waals surface area contributed by atoms with Crippen molar-refractivity contribution in [3.05, 3.63) is 53.7 Å². The quantitative estimate of drug-likeness (QED) is 0.910. The largest absolute Gasteiger partial charge is 0.467 e. The van der Waals surface area contributed by atoms with E-state index >= 15 is 0 Å². The number of carbonyl (C=O) groups excluding carboxylic acids is 2. The van der Waals surface area contributed by atoms with Crippen LogP contribution in [-0.4, -0.2) is 23.3 Å². The maximum atomic E-state index is 13.8. The van der Waals surface area contributed by atoms with Crippen LogP contribution in [0.3, 0.4) is 0 Å². The molecule has 0 radical (unpaired) electrons. The normalized spacial score (nSPS) is 17.8. The van der Waals surface area contributed by atoms with Crippen molar-refractivity contribution in [3.63, 3.8) is 0 Å². The van der Waals surface area contributed by atoms with Gasteiger partial charge in [0.15, 0.2) is 0 Å². The summed E-state index contributed by atoms with van der Waals surface area (Å²) in [6, 6.07) is 7.62. The second-order valence-electron chi connectivity index (χ2n) is 6.25. The van der Waals surface area contributed by atoms with Gasteiger partial charge in [0.05, 0.1) is 18.0 Å². The van der Waals surface area contributed by atoms with E-state index in [0.717, 1.165) is 31.4 Å². The van der Waals surface area contributed by atoms with E-state index < -0.39 is 5.82 Å². The van der Waals surface area contributed by atoms with Gasteiger partial charge in [-0.2, -0.15) is 0 Å². The second kappa shape index (κ2) is 7.51. The average Bonchev–Trinajstić information content (AvgIpc) is 3.00. The molecule has 0 unspecified atom stereocenters. The van der Waals surface area contributed by atoms with Crippen LogP contribution in [0.1, 0.15) is 54.8 Å². The second-order valence-corrected chi connectivity index (χ2v) is 6.25. The third-order valence-corrected chi connectivity index (χ3v) is 4.41. The first-order valence-electron chi connectivity index (χ1n) is 8.48. The van der Waals surface area contributed by atoms with Crippen molar-refractivity contribution in [2.45, 2.75) is 38.6 Å². The van der Waals surface area contributed by atoms with Crippen LogP contribution < -0.4 is 5.32 Å². The molecule has 0 spiro atoms. The molecule has 3 rings (SSSR count). The molecule has 2 amide bonds.